The minimum absolute atomic E-state index is 0.0343. The van der Waals surface area contributed by atoms with Gasteiger partial charge in [0.05, 0.1) is 23.0 Å². The Bertz CT molecular complexity index is 1040. The monoisotopic (exact) mass is 464 g/mol. The van der Waals surface area contributed by atoms with Crippen LogP contribution < -0.4 is 0 Å². The van der Waals surface area contributed by atoms with Crippen LogP contribution >= 0.6 is 11.8 Å². The topological polar surface area (TPSA) is 82.1 Å². The van der Waals surface area contributed by atoms with E-state index in [0.717, 1.165) is 5.56 Å². The van der Waals surface area contributed by atoms with E-state index in [4.69, 9.17) is 14.2 Å². The Morgan fingerprint density at radius 1 is 0.758 bits per heavy atom. The van der Waals surface area contributed by atoms with Gasteiger partial charge in [0.15, 0.2) is 0 Å². The van der Waals surface area contributed by atoms with Gasteiger partial charge in [-0.15, -0.1) is 11.8 Å². The van der Waals surface area contributed by atoms with E-state index in [1.54, 1.807) is 48.5 Å². The molecule has 6 nitrogen and oxygen atoms in total. The molecule has 0 aliphatic carbocycles. The molecule has 1 fully saturated rings. The number of rotatable bonds is 8. The molecular weight excluding hydrogens is 440 g/mol. The minimum atomic E-state index is -0.942. The Morgan fingerprint density at radius 3 is 1.91 bits per heavy atom. The van der Waals surface area contributed by atoms with E-state index in [1.807, 2.05) is 42.5 Å². The number of ether oxygens (including phenoxy) is 3. The number of esters is 2. The molecule has 4 atom stereocenters. The van der Waals surface area contributed by atoms with Crippen molar-refractivity contribution >= 4 is 23.7 Å². The number of hydrogen-bond acceptors (Lipinski definition) is 7. The summed E-state index contributed by atoms with van der Waals surface area (Å²) >= 11 is 1.17. The molecule has 0 saturated carbocycles. The summed E-state index contributed by atoms with van der Waals surface area (Å²) in [7, 11) is 0. The largest absolute Gasteiger partial charge is 0.461 e. The molecule has 4 rings (SSSR count). The maximum absolute atomic E-state index is 12.8. The molecular formula is C26H24O6S. The van der Waals surface area contributed by atoms with Crippen LogP contribution in [0.5, 0.6) is 0 Å². The summed E-state index contributed by atoms with van der Waals surface area (Å²) in [6.07, 6.45) is -1.58. The van der Waals surface area contributed by atoms with Crippen LogP contribution in [0.3, 0.4) is 0 Å². The third kappa shape index (κ3) is 6.01. The Hall–Kier alpha value is -3.13. The average Bonchev–Trinajstić information content (AvgIpc) is 3.16. The van der Waals surface area contributed by atoms with Gasteiger partial charge in [0.25, 0.3) is 0 Å². The van der Waals surface area contributed by atoms with Crippen molar-refractivity contribution in [1.29, 1.82) is 0 Å². The molecule has 0 aromatic heterocycles. The number of carbonyl (C=O) groups excluding carboxylic acids is 2. The highest BCUT2D eigenvalue weighted by molar-refractivity contribution is 8.00. The van der Waals surface area contributed by atoms with Crippen LogP contribution in [0.2, 0.25) is 0 Å². The maximum atomic E-state index is 12.8. The van der Waals surface area contributed by atoms with E-state index in [1.165, 1.54) is 11.8 Å². The van der Waals surface area contributed by atoms with Crippen molar-refractivity contribution in [3.05, 3.63) is 108 Å². The fourth-order valence-electron chi connectivity index (χ4n) is 3.51. The van der Waals surface area contributed by atoms with Gasteiger partial charge in [-0.25, -0.2) is 9.59 Å². The molecule has 1 aliphatic heterocycles. The molecule has 1 N–H and O–H groups in total. The molecule has 1 heterocycles. The first-order valence-corrected chi connectivity index (χ1v) is 11.5. The first kappa shape index (κ1) is 23.0. The standard InChI is InChI=1S/C26H24O6S/c27-24(19-12-6-2-7-13-19)31-17-21-22(32-25(28)20-14-8-3-9-15-20)23(26(29)33-21)30-16-18-10-4-1-5-11-18/h1-15,21-23,26,29H,16-17H2/t21-,22+,23-,26?/m0/s1. The van der Waals surface area contributed by atoms with Crippen LogP contribution in [0.25, 0.3) is 0 Å². The van der Waals surface area contributed by atoms with Crippen molar-refractivity contribution in [2.24, 2.45) is 0 Å². The quantitative estimate of drug-likeness (QED) is 0.503. The predicted molar refractivity (Wildman–Crippen MR) is 125 cm³/mol. The summed E-state index contributed by atoms with van der Waals surface area (Å²) in [6.45, 7) is 0.215. The highest BCUT2D eigenvalue weighted by atomic mass is 32.2. The fraction of sp³-hybridized carbons (Fsp3) is 0.231. The Balaban J connectivity index is 1.47. The van der Waals surface area contributed by atoms with Gasteiger partial charge in [-0.1, -0.05) is 66.7 Å². The third-order valence-corrected chi connectivity index (χ3v) is 6.51. The van der Waals surface area contributed by atoms with Gasteiger partial charge < -0.3 is 19.3 Å². The summed E-state index contributed by atoms with van der Waals surface area (Å²) in [5, 5.41) is 10.2. The number of carbonyl (C=O) groups is 2. The molecule has 0 bridgehead atoms. The zero-order valence-electron chi connectivity index (χ0n) is 17.8. The predicted octanol–water partition coefficient (Wildman–Crippen LogP) is 4.09. The molecule has 0 radical (unpaired) electrons. The number of aliphatic hydroxyl groups is 1. The van der Waals surface area contributed by atoms with Crippen molar-refractivity contribution in [2.75, 3.05) is 6.61 Å². The van der Waals surface area contributed by atoms with Gasteiger partial charge in [-0.3, -0.25) is 0 Å². The minimum Gasteiger partial charge on any atom is -0.461 e. The summed E-state index contributed by atoms with van der Waals surface area (Å²) < 4.78 is 17.2. The second-order valence-corrected chi connectivity index (χ2v) is 8.89. The lowest BCUT2D eigenvalue weighted by Crippen LogP contribution is -2.40. The van der Waals surface area contributed by atoms with Gasteiger partial charge in [0.1, 0.15) is 24.3 Å². The second-order valence-electron chi connectivity index (χ2n) is 7.53. The van der Waals surface area contributed by atoms with Crippen molar-refractivity contribution < 1.29 is 28.9 Å². The van der Waals surface area contributed by atoms with Gasteiger partial charge in [-0.2, -0.15) is 0 Å². The zero-order valence-corrected chi connectivity index (χ0v) is 18.6. The molecule has 33 heavy (non-hydrogen) atoms. The molecule has 1 saturated heterocycles. The molecule has 170 valence electrons. The van der Waals surface area contributed by atoms with E-state index in [9.17, 15) is 14.7 Å². The molecule has 1 unspecified atom stereocenters. The lowest BCUT2D eigenvalue weighted by molar-refractivity contribution is -0.0821. The van der Waals surface area contributed by atoms with E-state index in [2.05, 4.69) is 0 Å². The van der Waals surface area contributed by atoms with Crippen LogP contribution in [0.15, 0.2) is 91.0 Å². The summed E-state index contributed by atoms with van der Waals surface area (Å²) in [5.74, 6) is -1.00. The molecule has 0 spiro atoms. The maximum Gasteiger partial charge on any atom is 0.338 e. The number of benzene rings is 3. The number of aliphatic hydroxyl groups excluding tert-OH is 1. The van der Waals surface area contributed by atoms with E-state index < -0.39 is 34.8 Å². The van der Waals surface area contributed by atoms with E-state index in [-0.39, 0.29) is 13.2 Å². The first-order chi connectivity index (χ1) is 16.1. The SMILES string of the molecule is O=C(OC[C@@H]1SC(O)[C@@H](OCc2ccccc2)[C@@H]1OC(=O)c1ccccc1)c1ccccc1. The van der Waals surface area contributed by atoms with Crippen LogP contribution in [-0.2, 0) is 20.8 Å². The lowest BCUT2D eigenvalue weighted by atomic mass is 10.1. The van der Waals surface area contributed by atoms with Gasteiger partial charge in [0, 0.05) is 0 Å². The van der Waals surface area contributed by atoms with E-state index in [0.29, 0.717) is 11.1 Å². The first-order valence-electron chi connectivity index (χ1n) is 10.6. The smallest absolute Gasteiger partial charge is 0.338 e. The summed E-state index contributed by atoms with van der Waals surface area (Å²) in [5.41, 5.74) is 0.811. The normalized spacial score (nSPS) is 22.0. The van der Waals surface area contributed by atoms with Gasteiger partial charge in [0.2, 0.25) is 0 Å². The molecule has 3 aromatic carbocycles. The molecule has 7 heteroatoms. The van der Waals surface area contributed by atoms with Crippen molar-refractivity contribution in [3.8, 4) is 0 Å². The highest BCUT2D eigenvalue weighted by Gasteiger charge is 2.47. The van der Waals surface area contributed by atoms with Crippen LogP contribution in [0.4, 0.5) is 0 Å². The Morgan fingerprint density at radius 2 is 1.30 bits per heavy atom. The molecule has 3 aromatic rings. The van der Waals surface area contributed by atoms with Crippen molar-refractivity contribution in [3.63, 3.8) is 0 Å². The highest BCUT2D eigenvalue weighted by Crippen LogP contribution is 2.38. The van der Waals surface area contributed by atoms with Crippen LogP contribution in [0.1, 0.15) is 26.3 Å². The van der Waals surface area contributed by atoms with Crippen molar-refractivity contribution in [2.45, 2.75) is 29.5 Å². The number of hydrogen-bond donors (Lipinski definition) is 1. The van der Waals surface area contributed by atoms with Gasteiger partial charge >= 0.3 is 11.9 Å². The third-order valence-electron chi connectivity index (χ3n) is 5.21. The zero-order chi connectivity index (χ0) is 23.0. The fourth-order valence-corrected chi connectivity index (χ4v) is 4.77. The van der Waals surface area contributed by atoms with E-state index >= 15 is 0 Å². The Kier molecular flexibility index (Phi) is 7.78. The lowest BCUT2D eigenvalue weighted by Gasteiger charge is -2.25. The average molecular weight is 465 g/mol. The van der Waals surface area contributed by atoms with Gasteiger partial charge in [-0.05, 0) is 29.8 Å². The second kappa shape index (κ2) is 11.1. The number of thioether (sulfide) groups is 1. The Labute approximate surface area is 196 Å². The summed E-state index contributed by atoms with van der Waals surface area (Å²) in [4.78, 5) is 25.1. The van der Waals surface area contributed by atoms with Crippen LogP contribution in [0, 0.1) is 0 Å². The molecule has 1 aliphatic rings. The molecule has 0 amide bonds. The van der Waals surface area contributed by atoms with Crippen molar-refractivity contribution in [1.82, 2.24) is 0 Å². The van der Waals surface area contributed by atoms with Crippen LogP contribution in [-0.4, -0.2) is 46.5 Å². The summed E-state index contributed by atoms with van der Waals surface area (Å²) in [6, 6.07) is 26.8.